The van der Waals surface area contributed by atoms with Gasteiger partial charge in [-0.25, -0.2) is 0 Å². The second-order valence-electron chi connectivity index (χ2n) is 11.1. The predicted octanol–water partition coefficient (Wildman–Crippen LogP) is 5.10. The number of benzene rings is 3. The minimum atomic E-state index is -0.505. The lowest BCUT2D eigenvalue weighted by atomic mass is 9.94. The molecule has 3 atom stereocenters. The Bertz CT molecular complexity index is 1260. The third-order valence-electron chi connectivity index (χ3n) is 7.30. The van der Waals surface area contributed by atoms with Crippen LogP contribution in [0.15, 0.2) is 66.7 Å². The second kappa shape index (κ2) is 12.3. The standard InChI is InChI=1S/C31H39ClN4O2/c1-4-21(22-8-6-5-7-9-22)20-36-15-14-27(35-28(30(36)38)18-31(2,3)33)19-34-29(37)25-11-10-24-17-26(32)13-12-23(24)16-25/h5-13,16-17,21,27-28,35H,4,14-15,18-20,33H2,1-3H3,(H,34,37)/t21-,27-,28+/m1/s1. The quantitative estimate of drug-likeness (QED) is 0.356. The van der Waals surface area contributed by atoms with Crippen molar-refractivity contribution >= 4 is 34.2 Å². The van der Waals surface area contributed by atoms with Gasteiger partial charge in [0.15, 0.2) is 0 Å². The normalized spacial score (nSPS) is 19.3. The third-order valence-corrected chi connectivity index (χ3v) is 7.54. The molecule has 0 spiro atoms. The monoisotopic (exact) mass is 534 g/mol. The van der Waals surface area contributed by atoms with Crippen LogP contribution >= 0.6 is 11.6 Å². The van der Waals surface area contributed by atoms with Crippen molar-refractivity contribution in [1.29, 1.82) is 0 Å². The van der Waals surface area contributed by atoms with Crippen molar-refractivity contribution in [3.63, 3.8) is 0 Å². The predicted molar refractivity (Wildman–Crippen MR) is 156 cm³/mol. The highest BCUT2D eigenvalue weighted by molar-refractivity contribution is 6.31. The van der Waals surface area contributed by atoms with Crippen LogP contribution in [0, 0.1) is 0 Å². The van der Waals surface area contributed by atoms with Crippen LogP contribution in [0.1, 0.15) is 61.9 Å². The molecule has 3 aromatic rings. The Morgan fingerprint density at radius 1 is 1.13 bits per heavy atom. The van der Waals surface area contributed by atoms with Gasteiger partial charge in [-0.1, -0.05) is 61.0 Å². The molecule has 4 rings (SSSR count). The molecule has 1 saturated heterocycles. The maximum absolute atomic E-state index is 13.7. The Hall–Kier alpha value is -2.93. The zero-order chi connectivity index (χ0) is 27.3. The summed E-state index contributed by atoms with van der Waals surface area (Å²) < 4.78 is 0. The van der Waals surface area contributed by atoms with Crippen molar-refractivity contribution in [2.24, 2.45) is 5.73 Å². The Labute approximate surface area is 230 Å². The average molecular weight is 535 g/mol. The van der Waals surface area contributed by atoms with Crippen molar-refractivity contribution in [3.05, 3.63) is 82.9 Å². The summed E-state index contributed by atoms with van der Waals surface area (Å²) in [5.74, 6) is 0.215. The Kier molecular flexibility index (Phi) is 9.08. The van der Waals surface area contributed by atoms with E-state index in [0.717, 1.165) is 23.6 Å². The Morgan fingerprint density at radius 3 is 2.55 bits per heavy atom. The molecule has 0 bridgehead atoms. The van der Waals surface area contributed by atoms with Crippen molar-refractivity contribution in [3.8, 4) is 0 Å². The summed E-state index contributed by atoms with van der Waals surface area (Å²) in [5, 5.41) is 9.22. The van der Waals surface area contributed by atoms with E-state index in [2.05, 4.69) is 29.7 Å². The number of nitrogens with zero attached hydrogens (tertiary/aromatic N) is 1. The molecule has 4 N–H and O–H groups in total. The highest BCUT2D eigenvalue weighted by Gasteiger charge is 2.34. The number of hydrogen-bond donors (Lipinski definition) is 3. The van der Waals surface area contributed by atoms with E-state index in [9.17, 15) is 9.59 Å². The average Bonchev–Trinajstić information content (AvgIpc) is 3.03. The number of nitrogens with one attached hydrogen (secondary N) is 2. The van der Waals surface area contributed by atoms with Crippen LogP contribution in [0.3, 0.4) is 0 Å². The lowest BCUT2D eigenvalue weighted by molar-refractivity contribution is -0.133. The van der Waals surface area contributed by atoms with E-state index in [1.807, 2.05) is 73.3 Å². The van der Waals surface area contributed by atoms with Crippen LogP contribution in [-0.4, -0.2) is 54.0 Å². The molecule has 6 nitrogen and oxygen atoms in total. The topological polar surface area (TPSA) is 87.5 Å². The summed E-state index contributed by atoms with van der Waals surface area (Å²) in [6.07, 6.45) is 2.21. The highest BCUT2D eigenvalue weighted by Crippen LogP contribution is 2.24. The van der Waals surface area contributed by atoms with Gasteiger partial charge in [-0.3, -0.25) is 9.59 Å². The summed E-state index contributed by atoms with van der Waals surface area (Å²) in [6.45, 7) is 7.78. The van der Waals surface area contributed by atoms with E-state index >= 15 is 0 Å². The molecule has 0 unspecified atom stereocenters. The van der Waals surface area contributed by atoms with Gasteiger partial charge in [0.2, 0.25) is 5.91 Å². The van der Waals surface area contributed by atoms with Crippen LogP contribution < -0.4 is 16.4 Å². The van der Waals surface area contributed by atoms with Crippen molar-refractivity contribution in [2.45, 2.75) is 63.6 Å². The smallest absolute Gasteiger partial charge is 0.251 e. The van der Waals surface area contributed by atoms with Gasteiger partial charge in [0.1, 0.15) is 0 Å². The molecule has 1 aliphatic rings. The fraction of sp³-hybridized carbons (Fsp3) is 0.419. The molecule has 202 valence electrons. The molecule has 1 fully saturated rings. The molecule has 7 heteroatoms. The van der Waals surface area contributed by atoms with Gasteiger partial charge < -0.3 is 21.3 Å². The Morgan fingerprint density at radius 2 is 1.84 bits per heavy atom. The highest BCUT2D eigenvalue weighted by atomic mass is 35.5. The summed E-state index contributed by atoms with van der Waals surface area (Å²) in [5.41, 5.74) is 7.69. The van der Waals surface area contributed by atoms with Gasteiger partial charge in [-0.15, -0.1) is 0 Å². The summed E-state index contributed by atoms with van der Waals surface area (Å²) >= 11 is 6.09. The van der Waals surface area contributed by atoms with Gasteiger partial charge in [0, 0.05) is 47.7 Å². The molecule has 1 heterocycles. The molecule has 0 aliphatic carbocycles. The number of hydrogen-bond acceptors (Lipinski definition) is 4. The van der Waals surface area contributed by atoms with Gasteiger partial charge in [-0.2, -0.15) is 0 Å². The molecule has 0 saturated carbocycles. The van der Waals surface area contributed by atoms with Crippen molar-refractivity contribution < 1.29 is 9.59 Å². The summed E-state index contributed by atoms with van der Waals surface area (Å²) in [7, 11) is 0. The zero-order valence-electron chi connectivity index (χ0n) is 22.5. The summed E-state index contributed by atoms with van der Waals surface area (Å²) in [4.78, 5) is 28.7. The van der Waals surface area contributed by atoms with E-state index in [1.54, 1.807) is 0 Å². The molecular weight excluding hydrogens is 496 g/mol. The van der Waals surface area contributed by atoms with Crippen LogP contribution in [0.4, 0.5) is 0 Å². The molecule has 2 amide bonds. The number of carbonyl (C=O) groups excluding carboxylic acids is 2. The van der Waals surface area contributed by atoms with Crippen molar-refractivity contribution in [2.75, 3.05) is 19.6 Å². The fourth-order valence-electron chi connectivity index (χ4n) is 5.23. The third kappa shape index (κ3) is 7.34. The van der Waals surface area contributed by atoms with E-state index in [1.165, 1.54) is 5.56 Å². The van der Waals surface area contributed by atoms with E-state index in [-0.39, 0.29) is 23.8 Å². The van der Waals surface area contributed by atoms with Gasteiger partial charge >= 0.3 is 0 Å². The first kappa shape index (κ1) is 28.1. The second-order valence-corrected chi connectivity index (χ2v) is 11.6. The van der Waals surface area contributed by atoms with Crippen LogP contribution in [-0.2, 0) is 4.79 Å². The first-order chi connectivity index (χ1) is 18.1. The molecular formula is C31H39ClN4O2. The molecule has 3 aromatic carbocycles. The maximum atomic E-state index is 13.7. The minimum absolute atomic E-state index is 0.0451. The number of rotatable bonds is 9. The van der Waals surface area contributed by atoms with E-state index < -0.39 is 11.6 Å². The molecule has 0 radical (unpaired) electrons. The van der Waals surface area contributed by atoms with E-state index in [4.69, 9.17) is 17.3 Å². The first-order valence-corrected chi connectivity index (χ1v) is 13.9. The largest absolute Gasteiger partial charge is 0.350 e. The number of halogens is 1. The molecule has 0 aromatic heterocycles. The fourth-order valence-corrected chi connectivity index (χ4v) is 5.41. The maximum Gasteiger partial charge on any atom is 0.251 e. The number of nitrogens with two attached hydrogens (primary N) is 1. The van der Waals surface area contributed by atoms with Crippen LogP contribution in [0.2, 0.25) is 5.02 Å². The van der Waals surface area contributed by atoms with Gasteiger partial charge in [0.05, 0.1) is 6.04 Å². The van der Waals surface area contributed by atoms with Gasteiger partial charge in [0.25, 0.3) is 5.91 Å². The molecule has 38 heavy (non-hydrogen) atoms. The van der Waals surface area contributed by atoms with E-state index in [0.29, 0.717) is 36.6 Å². The number of amides is 2. The zero-order valence-corrected chi connectivity index (χ0v) is 23.3. The van der Waals surface area contributed by atoms with Gasteiger partial charge in [-0.05, 0) is 73.7 Å². The first-order valence-electron chi connectivity index (χ1n) is 13.5. The van der Waals surface area contributed by atoms with Crippen LogP contribution in [0.25, 0.3) is 10.8 Å². The lowest BCUT2D eigenvalue weighted by Gasteiger charge is -2.31. The molecule has 1 aliphatic heterocycles. The minimum Gasteiger partial charge on any atom is -0.350 e. The SMILES string of the molecule is CC[C@H](CN1CC[C@H](CNC(=O)c2ccc3cc(Cl)ccc3c2)N[C@@H](CC(C)(C)N)C1=O)c1ccccc1. The Balaban J connectivity index is 1.45. The number of carbonyl (C=O) groups is 2. The van der Waals surface area contributed by atoms with Crippen LogP contribution in [0.5, 0.6) is 0 Å². The lowest BCUT2D eigenvalue weighted by Crippen LogP contribution is -2.53. The number of fused-ring (bicyclic) bond motifs is 1. The van der Waals surface area contributed by atoms with Crippen molar-refractivity contribution in [1.82, 2.24) is 15.5 Å². The summed E-state index contributed by atoms with van der Waals surface area (Å²) in [6, 6.07) is 21.2.